The molecule has 1 saturated heterocycles. The Labute approximate surface area is 146 Å². The molecule has 2 atom stereocenters. The number of nitrogens with zero attached hydrogens (tertiary/aromatic N) is 2. The van der Waals surface area contributed by atoms with Crippen LogP contribution in [0.4, 0.5) is 0 Å². The van der Waals surface area contributed by atoms with Crippen molar-refractivity contribution in [3.63, 3.8) is 0 Å². The van der Waals surface area contributed by atoms with Crippen molar-refractivity contribution in [2.45, 2.75) is 25.4 Å². The number of aromatic nitrogens is 1. The third kappa shape index (κ3) is 2.93. The summed E-state index contributed by atoms with van der Waals surface area (Å²) in [6.07, 6.45) is 3.35. The molecule has 2 aliphatic heterocycles. The lowest BCUT2D eigenvalue weighted by Gasteiger charge is -2.36. The van der Waals surface area contributed by atoms with Crippen molar-refractivity contribution < 1.29 is 19.4 Å². The minimum absolute atomic E-state index is 0.0199. The maximum Gasteiger partial charge on any atom is 0.255 e. The minimum Gasteiger partial charge on any atom is -0.454 e. The number of fused-ring (bicyclic) bond motifs is 1. The number of aryl methyl sites for hydroxylation is 1. The minimum atomic E-state index is -0.616. The summed E-state index contributed by atoms with van der Waals surface area (Å²) in [7, 11) is 0. The van der Waals surface area contributed by atoms with Gasteiger partial charge in [0.15, 0.2) is 11.5 Å². The SMILES string of the molecule is Cc1ccncc1C(=O)N1CC[C@@H](c2ccc3c(c2)OCO3)[C@H](O)C1. The van der Waals surface area contributed by atoms with Gasteiger partial charge in [-0.15, -0.1) is 0 Å². The van der Waals surface area contributed by atoms with E-state index in [1.54, 1.807) is 17.3 Å². The highest BCUT2D eigenvalue weighted by Gasteiger charge is 2.32. The van der Waals surface area contributed by atoms with Crippen LogP contribution in [0.15, 0.2) is 36.7 Å². The van der Waals surface area contributed by atoms with Crippen LogP contribution in [0.25, 0.3) is 0 Å². The van der Waals surface area contributed by atoms with E-state index in [4.69, 9.17) is 9.47 Å². The number of β-amino-alcohol motifs (C(OH)–C–C–N with tert-alkyl or cyclic N) is 1. The summed E-state index contributed by atoms with van der Waals surface area (Å²) in [5, 5.41) is 10.6. The Morgan fingerprint density at radius 2 is 2.12 bits per heavy atom. The second-order valence-corrected chi connectivity index (χ2v) is 6.52. The predicted molar refractivity (Wildman–Crippen MR) is 90.8 cm³/mol. The highest BCUT2D eigenvalue weighted by molar-refractivity contribution is 5.95. The van der Waals surface area contributed by atoms with Crippen molar-refractivity contribution in [2.75, 3.05) is 19.9 Å². The number of benzene rings is 1. The number of hydrogen-bond acceptors (Lipinski definition) is 5. The van der Waals surface area contributed by atoms with Gasteiger partial charge in [-0.3, -0.25) is 9.78 Å². The predicted octanol–water partition coefficient (Wildman–Crippen LogP) is 2.11. The standard InChI is InChI=1S/C19H20N2O4/c1-12-4-6-20-9-15(12)19(23)21-7-5-14(16(22)10-21)13-2-3-17-18(8-13)25-11-24-17/h2-4,6,8-9,14,16,22H,5,7,10-11H2,1H3/t14-,16+/m0/s1. The highest BCUT2D eigenvalue weighted by atomic mass is 16.7. The van der Waals surface area contributed by atoms with E-state index in [1.807, 2.05) is 31.2 Å². The fourth-order valence-electron chi connectivity index (χ4n) is 3.51. The lowest BCUT2D eigenvalue weighted by molar-refractivity contribution is 0.0381. The van der Waals surface area contributed by atoms with Crippen LogP contribution in [-0.4, -0.2) is 46.9 Å². The van der Waals surface area contributed by atoms with Crippen molar-refractivity contribution in [1.29, 1.82) is 0 Å². The summed E-state index contributed by atoms with van der Waals surface area (Å²) >= 11 is 0. The molecule has 2 aromatic rings. The molecular weight excluding hydrogens is 320 g/mol. The summed E-state index contributed by atoms with van der Waals surface area (Å²) in [4.78, 5) is 18.4. The van der Waals surface area contributed by atoms with Crippen molar-refractivity contribution >= 4 is 5.91 Å². The Morgan fingerprint density at radius 3 is 2.92 bits per heavy atom. The third-order valence-corrected chi connectivity index (χ3v) is 4.96. The first-order chi connectivity index (χ1) is 12.1. The van der Waals surface area contributed by atoms with Gasteiger partial charge < -0.3 is 19.5 Å². The van der Waals surface area contributed by atoms with Crippen LogP contribution in [0.1, 0.15) is 33.8 Å². The van der Waals surface area contributed by atoms with E-state index in [9.17, 15) is 9.90 Å². The third-order valence-electron chi connectivity index (χ3n) is 4.96. The first-order valence-electron chi connectivity index (χ1n) is 8.41. The number of piperidine rings is 1. The first-order valence-corrected chi connectivity index (χ1v) is 8.41. The molecule has 1 aromatic carbocycles. The van der Waals surface area contributed by atoms with Crippen molar-refractivity contribution in [1.82, 2.24) is 9.88 Å². The van der Waals surface area contributed by atoms with Gasteiger partial charge >= 0.3 is 0 Å². The van der Waals surface area contributed by atoms with Crippen molar-refractivity contribution in [3.05, 3.63) is 53.3 Å². The van der Waals surface area contributed by atoms with E-state index in [0.29, 0.717) is 30.8 Å². The molecule has 6 heteroatoms. The number of carbonyl (C=O) groups is 1. The van der Waals surface area contributed by atoms with Gasteiger partial charge in [0, 0.05) is 31.4 Å². The van der Waals surface area contributed by atoms with E-state index >= 15 is 0 Å². The first kappa shape index (κ1) is 15.9. The Bertz CT molecular complexity index is 808. The Kier molecular flexibility index (Phi) is 4.05. The molecule has 0 unspecified atom stereocenters. The summed E-state index contributed by atoms with van der Waals surface area (Å²) in [5.74, 6) is 1.36. The fraction of sp³-hybridized carbons (Fsp3) is 0.368. The van der Waals surface area contributed by atoms with Crippen molar-refractivity contribution in [2.24, 2.45) is 0 Å². The lowest BCUT2D eigenvalue weighted by Crippen LogP contribution is -2.45. The van der Waals surface area contributed by atoms with Crippen LogP contribution in [0.3, 0.4) is 0 Å². The number of ether oxygens (including phenoxy) is 2. The molecule has 1 fully saturated rings. The molecule has 2 aliphatic rings. The maximum absolute atomic E-state index is 12.7. The molecule has 4 rings (SSSR count). The molecule has 1 aromatic heterocycles. The molecule has 25 heavy (non-hydrogen) atoms. The second-order valence-electron chi connectivity index (χ2n) is 6.52. The van der Waals surface area contributed by atoms with Gasteiger partial charge in [0.2, 0.25) is 6.79 Å². The van der Waals surface area contributed by atoms with E-state index in [2.05, 4.69) is 4.98 Å². The van der Waals surface area contributed by atoms with Crippen LogP contribution in [0, 0.1) is 6.92 Å². The van der Waals surface area contributed by atoms with Gasteiger partial charge in [-0.2, -0.15) is 0 Å². The average Bonchev–Trinajstić information content (AvgIpc) is 3.09. The summed E-state index contributed by atoms with van der Waals surface area (Å²) in [6, 6.07) is 7.59. The molecule has 6 nitrogen and oxygen atoms in total. The number of aliphatic hydroxyl groups excluding tert-OH is 1. The van der Waals surface area contributed by atoms with Gasteiger partial charge in [-0.1, -0.05) is 6.07 Å². The molecule has 1 N–H and O–H groups in total. The molecule has 0 aliphatic carbocycles. The summed E-state index contributed by atoms with van der Waals surface area (Å²) in [5.41, 5.74) is 2.50. The normalized spacial score (nSPS) is 22.1. The smallest absolute Gasteiger partial charge is 0.255 e. The number of carbonyl (C=O) groups excluding carboxylic acids is 1. The maximum atomic E-state index is 12.7. The fourth-order valence-corrected chi connectivity index (χ4v) is 3.51. The van der Waals surface area contributed by atoms with Crippen LogP contribution in [0.5, 0.6) is 11.5 Å². The largest absolute Gasteiger partial charge is 0.454 e. The zero-order valence-corrected chi connectivity index (χ0v) is 14.0. The molecule has 1 amide bonds. The molecule has 0 radical (unpaired) electrons. The Balaban J connectivity index is 1.49. The van der Waals surface area contributed by atoms with Gasteiger partial charge in [0.05, 0.1) is 11.7 Å². The quantitative estimate of drug-likeness (QED) is 0.906. The van der Waals surface area contributed by atoms with Crippen LogP contribution in [0.2, 0.25) is 0 Å². The molecular formula is C19H20N2O4. The molecule has 130 valence electrons. The number of rotatable bonds is 2. The van der Waals surface area contributed by atoms with E-state index in [0.717, 1.165) is 16.9 Å². The van der Waals surface area contributed by atoms with Crippen LogP contribution >= 0.6 is 0 Å². The zero-order valence-electron chi connectivity index (χ0n) is 14.0. The second kappa shape index (κ2) is 6.37. The number of hydrogen-bond donors (Lipinski definition) is 1. The molecule has 0 spiro atoms. The molecule has 0 bridgehead atoms. The number of likely N-dealkylation sites (tertiary alicyclic amines) is 1. The highest BCUT2D eigenvalue weighted by Crippen LogP contribution is 2.37. The van der Waals surface area contributed by atoms with Gasteiger partial charge in [-0.25, -0.2) is 0 Å². The Morgan fingerprint density at radius 1 is 1.28 bits per heavy atom. The van der Waals surface area contributed by atoms with E-state index < -0.39 is 6.10 Å². The summed E-state index contributed by atoms with van der Waals surface area (Å²) < 4.78 is 10.8. The van der Waals surface area contributed by atoms with Gasteiger partial charge in [-0.05, 0) is 42.7 Å². The van der Waals surface area contributed by atoms with Gasteiger partial charge in [0.1, 0.15) is 0 Å². The van der Waals surface area contributed by atoms with E-state index in [-0.39, 0.29) is 18.6 Å². The van der Waals surface area contributed by atoms with E-state index in [1.165, 1.54) is 0 Å². The number of aliphatic hydroxyl groups is 1. The monoisotopic (exact) mass is 340 g/mol. The summed E-state index contributed by atoms with van der Waals surface area (Å²) in [6.45, 7) is 3.04. The average molecular weight is 340 g/mol. The van der Waals surface area contributed by atoms with Gasteiger partial charge in [0.25, 0.3) is 5.91 Å². The van der Waals surface area contributed by atoms with Crippen molar-refractivity contribution in [3.8, 4) is 11.5 Å². The van der Waals surface area contributed by atoms with Crippen LogP contribution < -0.4 is 9.47 Å². The number of amides is 1. The van der Waals surface area contributed by atoms with Crippen LogP contribution in [-0.2, 0) is 0 Å². The molecule has 3 heterocycles. The lowest BCUT2D eigenvalue weighted by atomic mass is 9.86. The number of pyridine rings is 1. The molecule has 0 saturated carbocycles. The topological polar surface area (TPSA) is 71.9 Å². The zero-order chi connectivity index (χ0) is 17.4. The Hall–Kier alpha value is -2.60.